The third kappa shape index (κ3) is 4.05. The summed E-state index contributed by atoms with van der Waals surface area (Å²) < 4.78 is 0. The fourth-order valence-electron chi connectivity index (χ4n) is 3.31. The summed E-state index contributed by atoms with van der Waals surface area (Å²) in [4.78, 5) is 4.62. The second-order valence-corrected chi connectivity index (χ2v) is 7.33. The van der Waals surface area contributed by atoms with Crippen molar-refractivity contribution in [2.75, 3.05) is 19.6 Å². The maximum absolute atomic E-state index is 10.7. The SMILES string of the molecule is CCNC(=NCC(C)(O)c1ccccc1)NCC1(C2CC2)CC1. The summed E-state index contributed by atoms with van der Waals surface area (Å²) in [5.74, 6) is 1.75. The summed E-state index contributed by atoms with van der Waals surface area (Å²) in [6, 6.07) is 9.75. The standard InChI is InChI=1S/C19H29N3O/c1-3-20-17(22-14-19(11-12-19)16-9-10-16)21-13-18(2,23)15-7-5-4-6-8-15/h4-8,16,23H,3,9-14H2,1-2H3,(H2,20,21,22). The fourth-order valence-corrected chi connectivity index (χ4v) is 3.31. The molecule has 0 radical (unpaired) electrons. The molecular weight excluding hydrogens is 286 g/mol. The summed E-state index contributed by atoms with van der Waals surface area (Å²) in [6.45, 7) is 6.08. The quantitative estimate of drug-likeness (QED) is 0.535. The first-order valence-corrected chi connectivity index (χ1v) is 8.86. The largest absolute Gasteiger partial charge is 0.384 e. The van der Waals surface area contributed by atoms with Crippen molar-refractivity contribution in [2.45, 2.75) is 45.1 Å². The highest BCUT2D eigenvalue weighted by Crippen LogP contribution is 2.60. The molecule has 4 nitrogen and oxygen atoms in total. The zero-order chi connectivity index (χ0) is 16.3. The smallest absolute Gasteiger partial charge is 0.191 e. The van der Waals surface area contributed by atoms with E-state index in [9.17, 15) is 5.11 Å². The van der Waals surface area contributed by atoms with Crippen LogP contribution in [0.1, 0.15) is 45.1 Å². The number of aliphatic hydroxyl groups is 1. The van der Waals surface area contributed by atoms with E-state index in [1.165, 1.54) is 25.7 Å². The summed E-state index contributed by atoms with van der Waals surface area (Å²) >= 11 is 0. The number of hydrogen-bond donors (Lipinski definition) is 3. The van der Waals surface area contributed by atoms with Crippen LogP contribution in [-0.4, -0.2) is 30.7 Å². The van der Waals surface area contributed by atoms with Crippen molar-refractivity contribution in [1.29, 1.82) is 0 Å². The van der Waals surface area contributed by atoms with Crippen LogP contribution < -0.4 is 10.6 Å². The fraction of sp³-hybridized carbons (Fsp3) is 0.632. The third-order valence-corrected chi connectivity index (χ3v) is 5.23. The molecule has 4 heteroatoms. The van der Waals surface area contributed by atoms with E-state index in [1.807, 2.05) is 37.3 Å². The molecule has 0 heterocycles. The van der Waals surface area contributed by atoms with Gasteiger partial charge in [-0.1, -0.05) is 30.3 Å². The molecule has 1 unspecified atom stereocenters. The first-order valence-electron chi connectivity index (χ1n) is 8.86. The molecule has 1 aromatic carbocycles. The van der Waals surface area contributed by atoms with Gasteiger partial charge in [-0.2, -0.15) is 0 Å². The molecule has 0 spiro atoms. The molecule has 0 aromatic heterocycles. The van der Waals surface area contributed by atoms with Gasteiger partial charge in [0.2, 0.25) is 0 Å². The van der Waals surface area contributed by atoms with E-state index in [1.54, 1.807) is 0 Å². The first kappa shape index (κ1) is 16.3. The average Bonchev–Trinajstić information content (AvgIpc) is 3.44. The van der Waals surface area contributed by atoms with Crippen molar-refractivity contribution in [3.63, 3.8) is 0 Å². The molecule has 0 saturated heterocycles. The topological polar surface area (TPSA) is 56.7 Å². The number of aliphatic imine (C=N–C) groups is 1. The minimum atomic E-state index is -0.947. The van der Waals surface area contributed by atoms with E-state index in [2.05, 4.69) is 22.5 Å². The summed E-state index contributed by atoms with van der Waals surface area (Å²) in [7, 11) is 0. The Balaban J connectivity index is 1.59. The van der Waals surface area contributed by atoms with Crippen LogP contribution in [-0.2, 0) is 5.60 Å². The maximum Gasteiger partial charge on any atom is 0.191 e. The molecule has 3 N–H and O–H groups in total. The molecule has 1 aromatic rings. The average molecular weight is 315 g/mol. The van der Waals surface area contributed by atoms with E-state index in [-0.39, 0.29) is 0 Å². The van der Waals surface area contributed by atoms with Crippen LogP contribution in [0.3, 0.4) is 0 Å². The second-order valence-electron chi connectivity index (χ2n) is 7.33. The lowest BCUT2D eigenvalue weighted by molar-refractivity contribution is 0.0672. The Labute approximate surface area is 139 Å². The molecule has 126 valence electrons. The Morgan fingerprint density at radius 1 is 1.26 bits per heavy atom. The molecule has 2 aliphatic carbocycles. The van der Waals surface area contributed by atoms with Crippen molar-refractivity contribution in [3.8, 4) is 0 Å². The highest BCUT2D eigenvalue weighted by atomic mass is 16.3. The van der Waals surface area contributed by atoms with Crippen molar-refractivity contribution in [2.24, 2.45) is 16.3 Å². The van der Waals surface area contributed by atoms with Gasteiger partial charge in [-0.15, -0.1) is 0 Å². The molecule has 0 amide bonds. The van der Waals surface area contributed by atoms with Crippen molar-refractivity contribution >= 4 is 5.96 Å². The van der Waals surface area contributed by atoms with E-state index >= 15 is 0 Å². The molecule has 0 aliphatic heterocycles. The van der Waals surface area contributed by atoms with Crippen molar-refractivity contribution < 1.29 is 5.11 Å². The van der Waals surface area contributed by atoms with Crippen LogP contribution in [0, 0.1) is 11.3 Å². The molecule has 2 saturated carbocycles. The van der Waals surface area contributed by atoms with Gasteiger partial charge in [0.25, 0.3) is 0 Å². The number of rotatable bonds is 7. The number of nitrogens with zero attached hydrogens (tertiary/aromatic N) is 1. The van der Waals surface area contributed by atoms with Crippen LogP contribution in [0.25, 0.3) is 0 Å². The van der Waals surface area contributed by atoms with Crippen LogP contribution in [0.2, 0.25) is 0 Å². The van der Waals surface area contributed by atoms with Crippen LogP contribution >= 0.6 is 0 Å². The van der Waals surface area contributed by atoms with Crippen molar-refractivity contribution in [3.05, 3.63) is 35.9 Å². The Hall–Kier alpha value is -1.55. The molecule has 2 fully saturated rings. The lowest BCUT2D eigenvalue weighted by atomic mass is 9.96. The van der Waals surface area contributed by atoms with E-state index < -0.39 is 5.60 Å². The predicted molar refractivity (Wildman–Crippen MR) is 94.4 cm³/mol. The van der Waals surface area contributed by atoms with Gasteiger partial charge in [0.15, 0.2) is 5.96 Å². The van der Waals surface area contributed by atoms with Gasteiger partial charge in [0.05, 0.1) is 6.54 Å². The van der Waals surface area contributed by atoms with E-state index in [0.717, 1.165) is 30.5 Å². The lowest BCUT2D eigenvalue weighted by Gasteiger charge is -2.23. The second kappa shape index (κ2) is 6.52. The Kier molecular flexibility index (Phi) is 4.62. The number of nitrogens with one attached hydrogen (secondary N) is 2. The highest BCUT2D eigenvalue weighted by Gasteiger charge is 2.53. The minimum Gasteiger partial charge on any atom is -0.384 e. The molecular formula is C19H29N3O. The van der Waals surface area contributed by atoms with Gasteiger partial charge in [0.1, 0.15) is 5.60 Å². The van der Waals surface area contributed by atoms with Crippen LogP contribution in [0.5, 0.6) is 0 Å². The molecule has 2 aliphatic rings. The van der Waals surface area contributed by atoms with Crippen LogP contribution in [0.15, 0.2) is 35.3 Å². The maximum atomic E-state index is 10.7. The van der Waals surface area contributed by atoms with Gasteiger partial charge >= 0.3 is 0 Å². The zero-order valence-electron chi connectivity index (χ0n) is 14.3. The Morgan fingerprint density at radius 2 is 1.96 bits per heavy atom. The Morgan fingerprint density at radius 3 is 2.52 bits per heavy atom. The normalized spacial score (nSPS) is 22.3. The van der Waals surface area contributed by atoms with Gasteiger partial charge in [-0.05, 0) is 56.4 Å². The predicted octanol–water partition coefficient (Wildman–Crippen LogP) is 2.64. The number of benzene rings is 1. The summed E-state index contributed by atoms with van der Waals surface area (Å²) in [6.07, 6.45) is 5.51. The van der Waals surface area contributed by atoms with E-state index in [0.29, 0.717) is 12.0 Å². The van der Waals surface area contributed by atoms with Crippen LogP contribution in [0.4, 0.5) is 0 Å². The molecule has 0 bridgehead atoms. The minimum absolute atomic E-state index is 0.350. The lowest BCUT2D eigenvalue weighted by Crippen LogP contribution is -2.41. The monoisotopic (exact) mass is 315 g/mol. The van der Waals surface area contributed by atoms with Gasteiger partial charge in [0, 0.05) is 13.1 Å². The molecule has 1 atom stereocenters. The summed E-state index contributed by atoms with van der Waals surface area (Å²) in [5, 5.41) is 17.5. The van der Waals surface area contributed by atoms with Crippen molar-refractivity contribution in [1.82, 2.24) is 10.6 Å². The highest BCUT2D eigenvalue weighted by molar-refractivity contribution is 5.79. The first-order chi connectivity index (χ1) is 11.1. The van der Waals surface area contributed by atoms with Gasteiger partial charge in [-0.25, -0.2) is 4.99 Å². The molecule has 23 heavy (non-hydrogen) atoms. The van der Waals surface area contributed by atoms with Gasteiger partial charge in [-0.3, -0.25) is 0 Å². The van der Waals surface area contributed by atoms with Gasteiger partial charge < -0.3 is 15.7 Å². The zero-order valence-corrected chi connectivity index (χ0v) is 14.3. The number of hydrogen-bond acceptors (Lipinski definition) is 2. The summed E-state index contributed by atoms with van der Waals surface area (Å²) in [5.41, 5.74) is 0.492. The number of guanidine groups is 1. The third-order valence-electron chi connectivity index (χ3n) is 5.23. The Bertz CT molecular complexity index is 545. The van der Waals surface area contributed by atoms with E-state index in [4.69, 9.17) is 0 Å². The molecule has 3 rings (SSSR count).